The van der Waals surface area contributed by atoms with Gasteiger partial charge in [0.25, 0.3) is 0 Å². The maximum absolute atomic E-state index is 9.20. The molecule has 0 unspecified atom stereocenters. The van der Waals surface area contributed by atoms with E-state index in [2.05, 4.69) is 10.3 Å². The van der Waals surface area contributed by atoms with Crippen LogP contribution >= 0.6 is 11.6 Å². The minimum Gasteiger partial charge on any atom is -0.390 e. The average molecular weight is 258 g/mol. The fraction of sp³-hybridized carbons (Fsp3) is 0.455. The topological polar surface area (TPSA) is 78.2 Å². The van der Waals surface area contributed by atoms with Gasteiger partial charge in [0, 0.05) is 32.0 Å². The summed E-state index contributed by atoms with van der Waals surface area (Å²) >= 11 is 5.79. The lowest BCUT2D eigenvalue weighted by molar-refractivity contribution is 0.197. The van der Waals surface area contributed by atoms with Gasteiger partial charge in [-0.3, -0.25) is 0 Å². The fourth-order valence-electron chi connectivity index (χ4n) is 1.45. The molecule has 0 aromatic carbocycles. The van der Waals surface area contributed by atoms with Crippen molar-refractivity contribution in [2.24, 2.45) is 0 Å². The van der Waals surface area contributed by atoms with Crippen LogP contribution in [0, 0.1) is 5.41 Å². The Kier molecular flexibility index (Phi) is 5.90. The summed E-state index contributed by atoms with van der Waals surface area (Å²) in [6.45, 7) is 1.13. The highest BCUT2D eigenvalue weighted by atomic mass is 35.5. The van der Waals surface area contributed by atoms with E-state index in [9.17, 15) is 5.11 Å². The summed E-state index contributed by atoms with van der Waals surface area (Å²) in [7, 11) is 1.64. The number of halogens is 1. The van der Waals surface area contributed by atoms with Crippen molar-refractivity contribution in [3.63, 3.8) is 0 Å². The molecule has 0 aliphatic carbocycles. The van der Waals surface area contributed by atoms with Crippen LogP contribution in [0.5, 0.6) is 0 Å². The predicted octanol–water partition coefficient (Wildman–Crippen LogP) is 1.67. The van der Waals surface area contributed by atoms with Gasteiger partial charge in [-0.2, -0.15) is 0 Å². The van der Waals surface area contributed by atoms with Crippen molar-refractivity contribution in [2.75, 3.05) is 25.6 Å². The Morgan fingerprint density at radius 2 is 2.41 bits per heavy atom. The molecule has 0 aliphatic rings. The molecule has 0 bridgehead atoms. The lowest BCUT2D eigenvalue weighted by Gasteiger charge is -2.13. The zero-order valence-electron chi connectivity index (χ0n) is 9.66. The predicted molar refractivity (Wildman–Crippen MR) is 68.0 cm³/mol. The third-order valence-corrected chi connectivity index (χ3v) is 2.42. The molecule has 0 amide bonds. The van der Waals surface area contributed by atoms with Crippen LogP contribution in [0.15, 0.2) is 6.07 Å². The molecule has 6 heteroatoms. The van der Waals surface area contributed by atoms with E-state index in [0.717, 1.165) is 6.42 Å². The number of aliphatic hydroxyl groups is 1. The van der Waals surface area contributed by atoms with Gasteiger partial charge in [0.2, 0.25) is 0 Å². The molecule has 94 valence electrons. The van der Waals surface area contributed by atoms with Gasteiger partial charge in [0.15, 0.2) is 0 Å². The molecule has 0 aliphatic heterocycles. The molecule has 1 rings (SSSR count). The molecule has 1 aromatic rings. The van der Waals surface area contributed by atoms with Gasteiger partial charge in [-0.1, -0.05) is 11.6 Å². The number of aliphatic hydroxyl groups excluding tert-OH is 1. The Hall–Kier alpha value is -1.17. The molecule has 1 heterocycles. The monoisotopic (exact) mass is 257 g/mol. The molecule has 0 spiro atoms. The van der Waals surface area contributed by atoms with Crippen LogP contribution in [0.4, 0.5) is 5.69 Å². The first-order valence-electron chi connectivity index (χ1n) is 5.26. The molecule has 1 aromatic heterocycles. The van der Waals surface area contributed by atoms with Crippen molar-refractivity contribution in [1.82, 2.24) is 4.98 Å². The number of nitrogens with zero attached hydrogens (tertiary/aromatic N) is 1. The number of hydrogen-bond acceptors (Lipinski definition) is 5. The lowest BCUT2D eigenvalue weighted by atomic mass is 10.2. The highest BCUT2D eigenvalue weighted by molar-refractivity contribution is 6.29. The number of pyridine rings is 1. The number of methoxy groups -OCH3 is 1. The minimum absolute atomic E-state index is 0.214. The zero-order chi connectivity index (χ0) is 12.7. The summed E-state index contributed by atoms with van der Waals surface area (Å²) in [6.07, 6.45) is 2.02. The SMILES string of the molecule is COCCCNc1c(C=N)cc(Cl)nc1CO. The number of rotatable bonds is 7. The zero-order valence-corrected chi connectivity index (χ0v) is 10.4. The highest BCUT2D eigenvalue weighted by Gasteiger charge is 2.09. The Morgan fingerprint density at radius 1 is 1.65 bits per heavy atom. The second-order valence-electron chi connectivity index (χ2n) is 3.43. The molecular formula is C11H16ClN3O2. The number of aromatic nitrogens is 1. The summed E-state index contributed by atoms with van der Waals surface area (Å²) in [4.78, 5) is 4.02. The normalized spacial score (nSPS) is 10.3. The van der Waals surface area contributed by atoms with E-state index < -0.39 is 0 Å². The summed E-state index contributed by atoms with van der Waals surface area (Å²) in [5.41, 5.74) is 1.72. The van der Waals surface area contributed by atoms with Crippen molar-refractivity contribution in [2.45, 2.75) is 13.0 Å². The minimum atomic E-state index is -0.214. The van der Waals surface area contributed by atoms with E-state index in [0.29, 0.717) is 30.1 Å². The van der Waals surface area contributed by atoms with Gasteiger partial charge >= 0.3 is 0 Å². The summed E-state index contributed by atoms with van der Waals surface area (Å²) in [5, 5.41) is 19.9. The van der Waals surface area contributed by atoms with Gasteiger partial charge < -0.3 is 20.6 Å². The largest absolute Gasteiger partial charge is 0.390 e. The summed E-state index contributed by atoms with van der Waals surface area (Å²) in [5.74, 6) is 0. The second kappa shape index (κ2) is 7.21. The first kappa shape index (κ1) is 13.9. The van der Waals surface area contributed by atoms with Crippen molar-refractivity contribution >= 4 is 23.5 Å². The molecule has 3 N–H and O–H groups in total. The van der Waals surface area contributed by atoms with Gasteiger partial charge in [-0.25, -0.2) is 4.98 Å². The number of nitrogens with one attached hydrogen (secondary N) is 2. The van der Waals surface area contributed by atoms with E-state index in [1.54, 1.807) is 13.2 Å². The van der Waals surface area contributed by atoms with Crippen LogP contribution < -0.4 is 5.32 Å². The molecule has 17 heavy (non-hydrogen) atoms. The lowest BCUT2D eigenvalue weighted by Crippen LogP contribution is -2.10. The Morgan fingerprint density at radius 3 is 3.00 bits per heavy atom. The maximum atomic E-state index is 9.20. The van der Waals surface area contributed by atoms with Gasteiger partial charge in [-0.05, 0) is 12.5 Å². The van der Waals surface area contributed by atoms with E-state index in [-0.39, 0.29) is 11.8 Å². The van der Waals surface area contributed by atoms with E-state index in [1.165, 1.54) is 6.21 Å². The maximum Gasteiger partial charge on any atom is 0.130 e. The summed E-state index contributed by atoms with van der Waals surface area (Å²) in [6, 6.07) is 1.59. The van der Waals surface area contributed by atoms with E-state index in [1.807, 2.05) is 0 Å². The summed E-state index contributed by atoms with van der Waals surface area (Å²) < 4.78 is 4.94. The van der Waals surface area contributed by atoms with Crippen molar-refractivity contribution in [1.29, 1.82) is 5.41 Å². The molecule has 0 radical (unpaired) electrons. The second-order valence-corrected chi connectivity index (χ2v) is 3.82. The van der Waals surface area contributed by atoms with Crippen LogP contribution in [0.2, 0.25) is 5.15 Å². The Labute approximate surface area is 105 Å². The third-order valence-electron chi connectivity index (χ3n) is 2.23. The van der Waals surface area contributed by atoms with Gasteiger partial charge in [-0.15, -0.1) is 0 Å². The van der Waals surface area contributed by atoms with Crippen molar-refractivity contribution in [3.8, 4) is 0 Å². The van der Waals surface area contributed by atoms with Crippen LogP contribution in [0.3, 0.4) is 0 Å². The smallest absolute Gasteiger partial charge is 0.130 e. The fourth-order valence-corrected chi connectivity index (χ4v) is 1.67. The average Bonchev–Trinajstić information content (AvgIpc) is 2.35. The molecule has 0 fully saturated rings. The third kappa shape index (κ3) is 3.96. The first-order valence-corrected chi connectivity index (χ1v) is 5.64. The highest BCUT2D eigenvalue weighted by Crippen LogP contribution is 2.21. The number of anilines is 1. The Balaban J connectivity index is 2.83. The van der Waals surface area contributed by atoms with E-state index >= 15 is 0 Å². The van der Waals surface area contributed by atoms with Crippen LogP contribution in [-0.4, -0.2) is 36.6 Å². The van der Waals surface area contributed by atoms with Crippen LogP contribution in [-0.2, 0) is 11.3 Å². The first-order chi connectivity index (χ1) is 8.22. The molecule has 0 atom stereocenters. The quantitative estimate of drug-likeness (QED) is 0.394. The van der Waals surface area contributed by atoms with Crippen LogP contribution in [0.1, 0.15) is 17.7 Å². The molecule has 5 nitrogen and oxygen atoms in total. The standard InChI is InChI=1S/C11H16ClN3O2/c1-17-4-2-3-14-11-8(6-13)5-10(12)15-9(11)7-16/h5-6,13-14,16H,2-4,7H2,1H3. The molecule has 0 saturated carbocycles. The van der Waals surface area contributed by atoms with Crippen LogP contribution in [0.25, 0.3) is 0 Å². The molecule has 0 saturated heterocycles. The van der Waals surface area contributed by atoms with Crippen molar-refractivity contribution in [3.05, 3.63) is 22.5 Å². The molecular weight excluding hydrogens is 242 g/mol. The Bertz CT molecular complexity index is 385. The van der Waals surface area contributed by atoms with Crippen molar-refractivity contribution < 1.29 is 9.84 Å². The number of hydrogen-bond donors (Lipinski definition) is 3. The van der Waals surface area contributed by atoms with Gasteiger partial charge in [0.1, 0.15) is 5.15 Å². The van der Waals surface area contributed by atoms with E-state index in [4.69, 9.17) is 21.7 Å². The number of ether oxygens (including phenoxy) is 1. The van der Waals surface area contributed by atoms with Gasteiger partial charge in [0.05, 0.1) is 18.0 Å².